The van der Waals surface area contributed by atoms with Crippen LogP contribution in [0.15, 0.2) is 48.5 Å². The second kappa shape index (κ2) is 15.5. The number of anilines is 1. The van der Waals surface area contributed by atoms with E-state index >= 15 is 0 Å². The van der Waals surface area contributed by atoms with Crippen molar-refractivity contribution in [3.05, 3.63) is 65.2 Å². The molecule has 0 aromatic heterocycles. The molecule has 2 aromatic carbocycles. The van der Waals surface area contributed by atoms with Gasteiger partial charge in [-0.2, -0.15) is 0 Å². The molecule has 198 valence electrons. The first kappa shape index (κ1) is 29.6. The average molecular weight is 495 g/mol. The van der Waals surface area contributed by atoms with Crippen molar-refractivity contribution in [2.75, 3.05) is 5.01 Å². The van der Waals surface area contributed by atoms with Crippen molar-refractivity contribution < 1.29 is 14.7 Å². The molecule has 2 N–H and O–H groups in total. The summed E-state index contributed by atoms with van der Waals surface area (Å²) in [4.78, 5) is 27.2. The number of nitrogens with one attached hydrogen (secondary N) is 1. The molecular formula is C31H46N2O3. The van der Waals surface area contributed by atoms with E-state index in [0.717, 1.165) is 75.3 Å². The monoisotopic (exact) mass is 494 g/mol. The molecule has 36 heavy (non-hydrogen) atoms. The van der Waals surface area contributed by atoms with Gasteiger partial charge in [-0.25, -0.2) is 5.01 Å². The minimum Gasteiger partial charge on any atom is -0.380 e. The SMILES string of the molecule is CCCCCCCC(O)(CCCCCCC)C(=O)NN(C(=O)c1ccccc1)c1cccc(C)c1C. The highest BCUT2D eigenvalue weighted by atomic mass is 16.3. The highest BCUT2D eigenvalue weighted by molar-refractivity contribution is 6.08. The third-order valence-corrected chi connectivity index (χ3v) is 7.06. The van der Waals surface area contributed by atoms with Crippen molar-refractivity contribution in [3.8, 4) is 0 Å². The Morgan fingerprint density at radius 3 is 1.89 bits per heavy atom. The number of nitrogens with zero attached hydrogens (tertiary/aromatic N) is 1. The molecule has 0 unspecified atom stereocenters. The highest BCUT2D eigenvalue weighted by Gasteiger charge is 2.37. The molecule has 0 heterocycles. The van der Waals surface area contributed by atoms with E-state index in [1.165, 1.54) is 5.01 Å². The van der Waals surface area contributed by atoms with E-state index in [4.69, 9.17) is 0 Å². The first-order chi connectivity index (χ1) is 17.3. The number of unbranched alkanes of at least 4 members (excludes halogenated alkanes) is 8. The predicted molar refractivity (Wildman–Crippen MR) is 149 cm³/mol. The fourth-order valence-electron chi connectivity index (χ4n) is 4.51. The summed E-state index contributed by atoms with van der Waals surface area (Å²) in [6, 6.07) is 14.6. The Kier molecular flexibility index (Phi) is 12.7. The summed E-state index contributed by atoms with van der Waals surface area (Å²) in [6.45, 7) is 8.27. The molecule has 0 radical (unpaired) electrons. The largest absolute Gasteiger partial charge is 0.380 e. The maximum absolute atomic E-state index is 13.7. The number of carbonyl (C=O) groups excluding carboxylic acids is 2. The van der Waals surface area contributed by atoms with Crippen LogP contribution in [0.5, 0.6) is 0 Å². The van der Waals surface area contributed by atoms with Gasteiger partial charge >= 0.3 is 0 Å². The number of carbonyl (C=O) groups is 2. The average Bonchev–Trinajstić information content (AvgIpc) is 2.89. The van der Waals surface area contributed by atoms with Crippen molar-refractivity contribution in [1.82, 2.24) is 5.43 Å². The zero-order chi connectivity index (χ0) is 26.4. The van der Waals surface area contributed by atoms with Gasteiger partial charge in [0.05, 0.1) is 5.69 Å². The molecular weight excluding hydrogens is 448 g/mol. The minimum absolute atomic E-state index is 0.328. The van der Waals surface area contributed by atoms with Crippen molar-refractivity contribution in [3.63, 3.8) is 0 Å². The Hall–Kier alpha value is -2.66. The fraction of sp³-hybridized carbons (Fsp3) is 0.548. The zero-order valence-corrected chi connectivity index (χ0v) is 22.8. The van der Waals surface area contributed by atoms with Crippen LogP contribution in [0.3, 0.4) is 0 Å². The van der Waals surface area contributed by atoms with Gasteiger partial charge in [0.15, 0.2) is 0 Å². The number of aliphatic hydroxyl groups is 1. The number of rotatable bonds is 15. The van der Waals surface area contributed by atoms with E-state index in [-0.39, 0.29) is 5.91 Å². The first-order valence-electron chi connectivity index (χ1n) is 13.8. The van der Waals surface area contributed by atoms with Gasteiger partial charge < -0.3 is 5.11 Å². The number of benzene rings is 2. The molecule has 0 aliphatic rings. The maximum atomic E-state index is 13.7. The van der Waals surface area contributed by atoms with Crippen molar-refractivity contribution in [1.29, 1.82) is 0 Å². The summed E-state index contributed by atoms with van der Waals surface area (Å²) in [5, 5.41) is 12.9. The van der Waals surface area contributed by atoms with Gasteiger partial charge in [0.25, 0.3) is 11.8 Å². The van der Waals surface area contributed by atoms with Crippen LogP contribution in [-0.2, 0) is 4.79 Å². The molecule has 2 rings (SSSR count). The Morgan fingerprint density at radius 2 is 1.33 bits per heavy atom. The zero-order valence-electron chi connectivity index (χ0n) is 22.8. The smallest absolute Gasteiger partial charge is 0.277 e. The molecule has 0 fully saturated rings. The van der Waals surface area contributed by atoms with E-state index < -0.39 is 11.5 Å². The van der Waals surface area contributed by atoms with Gasteiger partial charge in [-0.05, 0) is 56.0 Å². The molecule has 0 saturated heterocycles. The Morgan fingerprint density at radius 1 is 0.778 bits per heavy atom. The number of amides is 2. The van der Waals surface area contributed by atoms with Crippen LogP contribution >= 0.6 is 0 Å². The second-order valence-electron chi connectivity index (χ2n) is 10.0. The standard InChI is InChI=1S/C31H46N2O3/c1-5-7-9-11-16-23-31(36,24-17-12-10-8-6-2)30(35)32-33(28-22-18-19-25(3)26(28)4)29(34)27-20-14-13-15-21-27/h13-15,18-22,36H,5-12,16-17,23-24H2,1-4H3,(H,32,35). The molecule has 2 amide bonds. The molecule has 0 bridgehead atoms. The third-order valence-electron chi connectivity index (χ3n) is 7.06. The summed E-state index contributed by atoms with van der Waals surface area (Å²) in [5.41, 5.74) is 4.35. The summed E-state index contributed by atoms with van der Waals surface area (Å²) < 4.78 is 0. The summed E-state index contributed by atoms with van der Waals surface area (Å²) in [7, 11) is 0. The lowest BCUT2D eigenvalue weighted by atomic mass is 9.89. The Balaban J connectivity index is 2.28. The van der Waals surface area contributed by atoms with Gasteiger partial charge in [-0.1, -0.05) is 108 Å². The van der Waals surface area contributed by atoms with Crippen LogP contribution in [0, 0.1) is 13.8 Å². The quantitative estimate of drug-likeness (QED) is 0.200. The topological polar surface area (TPSA) is 69.6 Å². The summed E-state index contributed by atoms with van der Waals surface area (Å²) in [6.07, 6.45) is 11.2. The molecule has 5 nitrogen and oxygen atoms in total. The van der Waals surface area contributed by atoms with E-state index in [1.807, 2.05) is 38.1 Å². The van der Waals surface area contributed by atoms with Crippen LogP contribution < -0.4 is 10.4 Å². The number of hydrazine groups is 1. The van der Waals surface area contributed by atoms with Gasteiger partial charge in [-0.15, -0.1) is 0 Å². The van der Waals surface area contributed by atoms with Crippen molar-refractivity contribution >= 4 is 17.5 Å². The van der Waals surface area contributed by atoms with Crippen LogP contribution in [0.4, 0.5) is 5.69 Å². The minimum atomic E-state index is -1.51. The van der Waals surface area contributed by atoms with Crippen LogP contribution in [0.1, 0.15) is 112 Å². The summed E-state index contributed by atoms with van der Waals surface area (Å²) in [5.74, 6) is -0.829. The highest BCUT2D eigenvalue weighted by Crippen LogP contribution is 2.27. The maximum Gasteiger partial charge on any atom is 0.277 e. The molecule has 5 heteroatoms. The number of hydrogen-bond acceptors (Lipinski definition) is 3. The lowest BCUT2D eigenvalue weighted by Crippen LogP contribution is -2.55. The lowest BCUT2D eigenvalue weighted by Gasteiger charge is -2.32. The van der Waals surface area contributed by atoms with Gasteiger partial charge in [0.2, 0.25) is 0 Å². The van der Waals surface area contributed by atoms with Gasteiger partial charge in [0, 0.05) is 5.56 Å². The van der Waals surface area contributed by atoms with Crippen LogP contribution in [-0.4, -0.2) is 22.5 Å². The fourth-order valence-corrected chi connectivity index (χ4v) is 4.51. The molecule has 0 aliphatic heterocycles. The van der Waals surface area contributed by atoms with E-state index in [9.17, 15) is 14.7 Å². The van der Waals surface area contributed by atoms with Gasteiger partial charge in [0.1, 0.15) is 5.60 Å². The first-order valence-corrected chi connectivity index (χ1v) is 13.8. The summed E-state index contributed by atoms with van der Waals surface area (Å²) >= 11 is 0. The van der Waals surface area contributed by atoms with E-state index in [2.05, 4.69) is 19.3 Å². The van der Waals surface area contributed by atoms with E-state index in [0.29, 0.717) is 24.1 Å². The normalized spacial score (nSPS) is 11.4. The van der Waals surface area contributed by atoms with Crippen molar-refractivity contribution in [2.45, 2.75) is 110 Å². The number of hydrogen-bond donors (Lipinski definition) is 2. The second-order valence-corrected chi connectivity index (χ2v) is 10.0. The van der Waals surface area contributed by atoms with Gasteiger partial charge in [-0.3, -0.25) is 15.0 Å². The third kappa shape index (κ3) is 8.77. The Bertz CT molecular complexity index is 928. The van der Waals surface area contributed by atoms with Crippen LogP contribution in [0.25, 0.3) is 0 Å². The predicted octanol–water partition coefficient (Wildman–Crippen LogP) is 7.43. The van der Waals surface area contributed by atoms with Crippen molar-refractivity contribution in [2.24, 2.45) is 0 Å². The lowest BCUT2D eigenvalue weighted by molar-refractivity contribution is -0.141. The van der Waals surface area contributed by atoms with Crippen LogP contribution in [0.2, 0.25) is 0 Å². The molecule has 0 atom stereocenters. The Labute approximate surface area is 218 Å². The molecule has 0 aliphatic carbocycles. The molecule has 2 aromatic rings. The van der Waals surface area contributed by atoms with E-state index in [1.54, 1.807) is 24.3 Å². The molecule has 0 spiro atoms. The molecule has 0 saturated carbocycles. The number of aryl methyl sites for hydroxylation is 1.